The van der Waals surface area contributed by atoms with Gasteiger partial charge in [0.25, 0.3) is 0 Å². The topological polar surface area (TPSA) is 64.4 Å². The fourth-order valence-corrected chi connectivity index (χ4v) is 1.71. The number of nitrogens with zero attached hydrogens (tertiary/aromatic N) is 1. The van der Waals surface area contributed by atoms with E-state index in [-0.39, 0.29) is 18.3 Å². The second-order valence-electron chi connectivity index (χ2n) is 5.09. The van der Waals surface area contributed by atoms with Crippen molar-refractivity contribution >= 4 is 5.69 Å². The fourth-order valence-electron chi connectivity index (χ4n) is 1.71. The maximum Gasteiger partial charge on any atom is 0.307 e. The van der Waals surface area contributed by atoms with E-state index in [0.717, 1.165) is 6.54 Å². The summed E-state index contributed by atoms with van der Waals surface area (Å²) in [7, 11) is 0. The maximum atomic E-state index is 13.6. The van der Waals surface area contributed by atoms with Crippen LogP contribution in [-0.2, 0) is 0 Å². The number of rotatable bonds is 7. The van der Waals surface area contributed by atoms with Gasteiger partial charge in [-0.1, -0.05) is 6.92 Å². The Kier molecular flexibility index (Phi) is 4.49. The lowest BCUT2D eigenvalue weighted by molar-refractivity contribution is -0.387. The number of hydrogen-bond acceptors (Lipinski definition) is 4. The second kappa shape index (κ2) is 6.13. The molecule has 0 amide bonds. The van der Waals surface area contributed by atoms with Gasteiger partial charge < -0.3 is 10.1 Å². The van der Waals surface area contributed by atoms with Crippen molar-refractivity contribution in [3.05, 3.63) is 33.9 Å². The van der Waals surface area contributed by atoms with Crippen LogP contribution in [0.3, 0.4) is 0 Å². The monoisotopic (exact) mass is 286 g/mol. The van der Waals surface area contributed by atoms with Gasteiger partial charge in [-0.25, -0.2) is 4.39 Å². The van der Waals surface area contributed by atoms with E-state index in [9.17, 15) is 18.9 Å². The predicted molar refractivity (Wildman–Crippen MR) is 68.7 cm³/mol. The van der Waals surface area contributed by atoms with Crippen LogP contribution >= 0.6 is 0 Å². The summed E-state index contributed by atoms with van der Waals surface area (Å²) in [5, 5.41) is 13.8. The van der Waals surface area contributed by atoms with Crippen molar-refractivity contribution in [1.29, 1.82) is 0 Å². The molecule has 110 valence electrons. The Morgan fingerprint density at radius 3 is 2.75 bits per heavy atom. The quantitative estimate of drug-likeness (QED) is 0.618. The van der Waals surface area contributed by atoms with Gasteiger partial charge in [-0.3, -0.25) is 10.1 Å². The van der Waals surface area contributed by atoms with Gasteiger partial charge in [-0.2, -0.15) is 4.39 Å². The Morgan fingerprint density at radius 1 is 1.45 bits per heavy atom. The van der Waals surface area contributed by atoms with Crippen LogP contribution in [0.15, 0.2) is 12.1 Å². The van der Waals surface area contributed by atoms with Crippen molar-refractivity contribution in [3.63, 3.8) is 0 Å². The summed E-state index contributed by atoms with van der Waals surface area (Å²) in [6, 6.07) is 1.83. The third-order valence-corrected chi connectivity index (χ3v) is 3.05. The Morgan fingerprint density at radius 2 is 2.15 bits per heavy atom. The molecule has 1 N–H and O–H groups in total. The van der Waals surface area contributed by atoms with E-state index in [4.69, 9.17) is 4.74 Å². The molecule has 0 aliphatic heterocycles. The Balaban J connectivity index is 1.91. The third-order valence-electron chi connectivity index (χ3n) is 3.05. The summed E-state index contributed by atoms with van der Waals surface area (Å²) in [5.74, 6) is -2.20. The van der Waals surface area contributed by atoms with Crippen LogP contribution in [0, 0.1) is 27.7 Å². The molecule has 0 heterocycles. The molecule has 2 rings (SSSR count). The van der Waals surface area contributed by atoms with Gasteiger partial charge in [0.2, 0.25) is 5.82 Å². The van der Waals surface area contributed by atoms with E-state index in [2.05, 4.69) is 5.32 Å². The minimum absolute atomic E-state index is 0.133. The first kappa shape index (κ1) is 14.6. The van der Waals surface area contributed by atoms with Crippen molar-refractivity contribution in [1.82, 2.24) is 5.32 Å². The summed E-state index contributed by atoms with van der Waals surface area (Å²) in [6.45, 7) is 2.88. The van der Waals surface area contributed by atoms with E-state index in [1.165, 1.54) is 12.8 Å². The van der Waals surface area contributed by atoms with Crippen LogP contribution in [0.4, 0.5) is 14.5 Å². The minimum atomic E-state index is -1.10. The van der Waals surface area contributed by atoms with Crippen LogP contribution in [-0.4, -0.2) is 24.1 Å². The summed E-state index contributed by atoms with van der Waals surface area (Å²) in [4.78, 5) is 9.49. The van der Waals surface area contributed by atoms with Crippen molar-refractivity contribution in [2.24, 2.45) is 5.92 Å². The molecule has 5 nitrogen and oxygen atoms in total. The van der Waals surface area contributed by atoms with Crippen LogP contribution in [0.25, 0.3) is 0 Å². The summed E-state index contributed by atoms with van der Waals surface area (Å²) in [6.07, 6.45) is 2.35. The van der Waals surface area contributed by atoms with Crippen LogP contribution in [0.2, 0.25) is 0 Å². The largest absolute Gasteiger partial charge is 0.490 e. The minimum Gasteiger partial charge on any atom is -0.490 e. The molecule has 1 aliphatic carbocycles. The number of nitro benzene ring substituents is 1. The number of hydrogen-bond donors (Lipinski definition) is 1. The molecule has 1 aromatic carbocycles. The highest BCUT2D eigenvalue weighted by molar-refractivity contribution is 5.39. The second-order valence-corrected chi connectivity index (χ2v) is 5.09. The number of nitro groups is 1. The maximum absolute atomic E-state index is 13.6. The molecular weight excluding hydrogens is 270 g/mol. The van der Waals surface area contributed by atoms with E-state index in [1.807, 2.05) is 6.92 Å². The lowest BCUT2D eigenvalue weighted by atomic mass is 10.2. The molecule has 0 spiro atoms. The van der Waals surface area contributed by atoms with Crippen molar-refractivity contribution < 1.29 is 18.4 Å². The molecule has 0 radical (unpaired) electrons. The highest BCUT2D eigenvalue weighted by Crippen LogP contribution is 2.26. The van der Waals surface area contributed by atoms with E-state index in [0.29, 0.717) is 18.2 Å². The molecule has 1 aromatic rings. The number of ether oxygens (including phenoxy) is 1. The number of nitrogens with one attached hydrogen (secondary N) is 1. The first-order valence-corrected chi connectivity index (χ1v) is 6.47. The van der Waals surface area contributed by atoms with Gasteiger partial charge in [0.15, 0.2) is 11.6 Å². The number of halogens is 2. The molecule has 1 unspecified atom stereocenters. The van der Waals surface area contributed by atoms with Crippen LogP contribution in [0.1, 0.15) is 19.8 Å². The van der Waals surface area contributed by atoms with Crippen molar-refractivity contribution in [2.75, 3.05) is 13.2 Å². The van der Waals surface area contributed by atoms with Crippen molar-refractivity contribution in [2.45, 2.75) is 25.8 Å². The van der Waals surface area contributed by atoms with Gasteiger partial charge >= 0.3 is 5.69 Å². The Bertz CT molecular complexity index is 507. The molecule has 1 saturated carbocycles. The smallest absolute Gasteiger partial charge is 0.307 e. The standard InChI is InChI=1S/C13H16F2N2O3/c1-8(6-16-9-2-3-9)7-20-13-5-10(14)12(17(18)19)4-11(13)15/h4-5,8-9,16H,2-3,6-7H2,1H3. The molecule has 1 aliphatic rings. The van der Waals surface area contributed by atoms with Gasteiger partial charge in [0.1, 0.15) is 0 Å². The lowest BCUT2D eigenvalue weighted by Gasteiger charge is -2.14. The fraction of sp³-hybridized carbons (Fsp3) is 0.538. The van der Waals surface area contributed by atoms with Gasteiger partial charge in [-0.15, -0.1) is 0 Å². The van der Waals surface area contributed by atoms with Crippen LogP contribution < -0.4 is 10.1 Å². The lowest BCUT2D eigenvalue weighted by Crippen LogP contribution is -2.26. The van der Waals surface area contributed by atoms with Gasteiger partial charge in [0.05, 0.1) is 17.6 Å². The van der Waals surface area contributed by atoms with E-state index < -0.39 is 22.2 Å². The van der Waals surface area contributed by atoms with Gasteiger partial charge in [-0.05, 0) is 12.8 Å². The van der Waals surface area contributed by atoms with Crippen molar-refractivity contribution in [3.8, 4) is 5.75 Å². The third kappa shape index (κ3) is 3.86. The number of benzene rings is 1. The molecule has 0 aromatic heterocycles. The molecule has 1 atom stereocenters. The normalized spacial score (nSPS) is 15.9. The van der Waals surface area contributed by atoms with Crippen LogP contribution in [0.5, 0.6) is 5.75 Å². The van der Waals surface area contributed by atoms with E-state index >= 15 is 0 Å². The Labute approximate surface area is 115 Å². The highest BCUT2D eigenvalue weighted by Gasteiger charge is 2.22. The summed E-state index contributed by atoms with van der Waals surface area (Å²) < 4.78 is 32.1. The highest BCUT2D eigenvalue weighted by atomic mass is 19.1. The molecule has 1 fully saturated rings. The molecule has 7 heteroatoms. The molecule has 0 bridgehead atoms. The first-order chi connectivity index (χ1) is 9.47. The molecule has 0 saturated heterocycles. The summed E-state index contributed by atoms with van der Waals surface area (Å²) in [5.41, 5.74) is -0.890. The average Bonchev–Trinajstić information content (AvgIpc) is 3.20. The summed E-state index contributed by atoms with van der Waals surface area (Å²) >= 11 is 0. The SMILES string of the molecule is CC(CNC1CC1)COc1cc(F)c([N+](=O)[O-])cc1F. The predicted octanol–water partition coefficient (Wildman–Crippen LogP) is 2.64. The zero-order chi connectivity index (χ0) is 14.7. The zero-order valence-electron chi connectivity index (χ0n) is 11.1. The Hall–Kier alpha value is -1.76. The van der Waals surface area contributed by atoms with Gasteiger partial charge in [0, 0.05) is 24.6 Å². The molecule has 20 heavy (non-hydrogen) atoms. The first-order valence-electron chi connectivity index (χ1n) is 6.47. The van der Waals surface area contributed by atoms with E-state index in [1.54, 1.807) is 0 Å². The molecular formula is C13H16F2N2O3. The average molecular weight is 286 g/mol. The zero-order valence-corrected chi connectivity index (χ0v) is 11.1.